The maximum absolute atomic E-state index is 13.9. The molecule has 0 saturated heterocycles. The Morgan fingerprint density at radius 1 is 1.38 bits per heavy atom. The van der Waals surface area contributed by atoms with Crippen molar-refractivity contribution in [1.82, 2.24) is 0 Å². The summed E-state index contributed by atoms with van der Waals surface area (Å²) in [5, 5.41) is 0.0740. The van der Waals surface area contributed by atoms with E-state index in [4.69, 9.17) is 11.6 Å². The molecular weight excluding hydrogens is 229 g/mol. The van der Waals surface area contributed by atoms with Crippen molar-refractivity contribution in [2.45, 2.75) is 31.2 Å². The molecule has 2 rings (SSSR count). The van der Waals surface area contributed by atoms with Crippen molar-refractivity contribution in [3.05, 3.63) is 34.6 Å². The second-order valence-corrected chi connectivity index (χ2v) is 4.45. The van der Waals surface area contributed by atoms with E-state index < -0.39 is 11.4 Å². The molecule has 1 aromatic rings. The summed E-state index contributed by atoms with van der Waals surface area (Å²) in [6, 6.07) is 4.82. The first-order chi connectivity index (χ1) is 7.69. The van der Waals surface area contributed by atoms with E-state index in [2.05, 4.69) is 4.99 Å². The average molecular weight is 240 g/mol. The number of nitrogens with zero attached hydrogens (tertiary/aromatic N) is 1. The normalized spacial score (nSPS) is 18.1. The van der Waals surface area contributed by atoms with Crippen LogP contribution in [0.25, 0.3) is 0 Å². The molecule has 2 nitrogen and oxygen atoms in total. The van der Waals surface area contributed by atoms with Gasteiger partial charge in [0.25, 0.3) is 0 Å². The highest BCUT2D eigenvalue weighted by molar-refractivity contribution is 6.30. The van der Waals surface area contributed by atoms with Gasteiger partial charge in [-0.2, -0.15) is 4.99 Å². The molecule has 0 amide bonds. The van der Waals surface area contributed by atoms with Crippen LogP contribution in [0.4, 0.5) is 4.39 Å². The van der Waals surface area contributed by atoms with Crippen molar-refractivity contribution in [3.8, 4) is 0 Å². The highest BCUT2D eigenvalue weighted by Crippen LogP contribution is 2.43. The Balaban J connectivity index is 2.55. The summed E-state index contributed by atoms with van der Waals surface area (Å²) in [7, 11) is 0. The first kappa shape index (κ1) is 11.3. The van der Waals surface area contributed by atoms with E-state index in [0.29, 0.717) is 18.4 Å². The van der Waals surface area contributed by atoms with Gasteiger partial charge in [-0.05, 0) is 18.9 Å². The van der Waals surface area contributed by atoms with Gasteiger partial charge in [-0.25, -0.2) is 9.18 Å². The Kier molecular flexibility index (Phi) is 3.08. The van der Waals surface area contributed by atoms with E-state index in [1.165, 1.54) is 6.07 Å². The quantitative estimate of drug-likeness (QED) is 0.573. The van der Waals surface area contributed by atoms with Crippen LogP contribution in [0.1, 0.15) is 31.2 Å². The highest BCUT2D eigenvalue weighted by Gasteiger charge is 2.38. The number of aliphatic imine (C=N–C) groups is 1. The molecule has 4 heteroatoms. The fraction of sp³-hybridized carbons (Fsp3) is 0.417. The Hall–Kier alpha value is -1.18. The maximum Gasteiger partial charge on any atom is 0.235 e. The zero-order valence-electron chi connectivity index (χ0n) is 8.67. The Bertz CT molecular complexity index is 448. The first-order valence-electron chi connectivity index (χ1n) is 5.23. The molecule has 0 spiro atoms. The van der Waals surface area contributed by atoms with Crippen LogP contribution in [-0.4, -0.2) is 6.08 Å². The molecule has 0 N–H and O–H groups in total. The number of benzene rings is 1. The highest BCUT2D eigenvalue weighted by atomic mass is 35.5. The van der Waals surface area contributed by atoms with Gasteiger partial charge in [-0.1, -0.05) is 36.6 Å². The molecule has 84 valence electrons. The molecule has 0 aromatic heterocycles. The minimum atomic E-state index is -0.739. The van der Waals surface area contributed by atoms with Gasteiger partial charge < -0.3 is 0 Å². The summed E-state index contributed by atoms with van der Waals surface area (Å²) in [4.78, 5) is 14.3. The van der Waals surface area contributed by atoms with E-state index in [1.807, 2.05) is 0 Å². The fourth-order valence-corrected chi connectivity index (χ4v) is 2.53. The zero-order chi connectivity index (χ0) is 11.6. The lowest BCUT2D eigenvalue weighted by Crippen LogP contribution is -2.20. The molecule has 0 aliphatic heterocycles. The second kappa shape index (κ2) is 4.36. The summed E-state index contributed by atoms with van der Waals surface area (Å²) in [6.45, 7) is 0. The van der Waals surface area contributed by atoms with Gasteiger partial charge in [-0.3, -0.25) is 0 Å². The third-order valence-corrected chi connectivity index (χ3v) is 3.44. The molecule has 16 heavy (non-hydrogen) atoms. The number of isocyanates is 1. The van der Waals surface area contributed by atoms with E-state index in [9.17, 15) is 9.18 Å². The van der Waals surface area contributed by atoms with Crippen molar-refractivity contribution in [1.29, 1.82) is 0 Å². The van der Waals surface area contributed by atoms with E-state index in [-0.39, 0.29) is 5.02 Å². The van der Waals surface area contributed by atoms with Crippen LogP contribution in [-0.2, 0) is 10.3 Å². The van der Waals surface area contributed by atoms with Gasteiger partial charge in [0, 0.05) is 5.56 Å². The minimum Gasteiger partial charge on any atom is -0.211 e. The van der Waals surface area contributed by atoms with E-state index in [0.717, 1.165) is 12.8 Å². The molecule has 1 aliphatic carbocycles. The van der Waals surface area contributed by atoms with Crippen molar-refractivity contribution < 1.29 is 9.18 Å². The number of carbonyl (C=O) groups excluding carboxylic acids is 1. The lowest BCUT2D eigenvalue weighted by atomic mass is 9.88. The molecule has 1 aromatic carbocycles. The predicted molar refractivity (Wildman–Crippen MR) is 59.7 cm³/mol. The molecule has 1 fully saturated rings. The second-order valence-electron chi connectivity index (χ2n) is 4.04. The zero-order valence-corrected chi connectivity index (χ0v) is 9.43. The van der Waals surface area contributed by atoms with Crippen molar-refractivity contribution in [2.75, 3.05) is 0 Å². The Labute approximate surface area is 98.1 Å². The molecule has 0 radical (unpaired) electrons. The summed E-state index contributed by atoms with van der Waals surface area (Å²) >= 11 is 5.74. The third-order valence-electron chi connectivity index (χ3n) is 3.14. The van der Waals surface area contributed by atoms with Gasteiger partial charge in [0.2, 0.25) is 6.08 Å². The molecule has 0 heterocycles. The molecular formula is C12H11ClFNO. The van der Waals surface area contributed by atoms with Crippen LogP contribution in [0, 0.1) is 5.82 Å². The summed E-state index contributed by atoms with van der Waals surface area (Å²) in [5.41, 5.74) is -0.322. The molecule has 1 aliphatic rings. The molecule has 1 saturated carbocycles. The monoisotopic (exact) mass is 239 g/mol. The number of hydrogen-bond donors (Lipinski definition) is 0. The van der Waals surface area contributed by atoms with Crippen molar-refractivity contribution >= 4 is 17.7 Å². The first-order valence-corrected chi connectivity index (χ1v) is 5.61. The van der Waals surface area contributed by atoms with Crippen LogP contribution < -0.4 is 0 Å². The topological polar surface area (TPSA) is 29.4 Å². The fourth-order valence-electron chi connectivity index (χ4n) is 2.35. The summed E-state index contributed by atoms with van der Waals surface area (Å²) < 4.78 is 13.9. The summed E-state index contributed by atoms with van der Waals surface area (Å²) in [6.07, 6.45) is 4.80. The number of hydrogen-bond acceptors (Lipinski definition) is 2. The maximum atomic E-state index is 13.9. The van der Waals surface area contributed by atoms with Crippen LogP contribution in [0.5, 0.6) is 0 Å². The van der Waals surface area contributed by atoms with Gasteiger partial charge in [0.05, 0.1) is 5.02 Å². The SMILES string of the molecule is O=C=NC1(c2cccc(Cl)c2F)CCCC1. The smallest absolute Gasteiger partial charge is 0.211 e. The van der Waals surface area contributed by atoms with Crippen LogP contribution in [0.3, 0.4) is 0 Å². The van der Waals surface area contributed by atoms with Crippen LogP contribution in [0.15, 0.2) is 23.2 Å². The molecule has 0 bridgehead atoms. The minimum absolute atomic E-state index is 0.0740. The number of rotatable bonds is 2. The van der Waals surface area contributed by atoms with Crippen molar-refractivity contribution in [2.24, 2.45) is 4.99 Å². The van der Waals surface area contributed by atoms with Crippen LogP contribution in [0.2, 0.25) is 5.02 Å². The predicted octanol–water partition coefficient (Wildman–Crippen LogP) is 3.58. The largest absolute Gasteiger partial charge is 0.235 e. The summed E-state index contributed by atoms with van der Waals surface area (Å²) in [5.74, 6) is -0.468. The Morgan fingerprint density at radius 3 is 2.69 bits per heavy atom. The van der Waals surface area contributed by atoms with Crippen LogP contribution >= 0.6 is 11.6 Å². The van der Waals surface area contributed by atoms with Gasteiger partial charge >= 0.3 is 0 Å². The van der Waals surface area contributed by atoms with E-state index >= 15 is 0 Å². The molecule has 0 atom stereocenters. The van der Waals surface area contributed by atoms with E-state index in [1.54, 1.807) is 18.2 Å². The molecule has 0 unspecified atom stereocenters. The third kappa shape index (κ3) is 1.77. The lowest BCUT2D eigenvalue weighted by Gasteiger charge is -2.23. The van der Waals surface area contributed by atoms with Gasteiger partial charge in [0.15, 0.2) is 0 Å². The van der Waals surface area contributed by atoms with Crippen molar-refractivity contribution in [3.63, 3.8) is 0 Å². The van der Waals surface area contributed by atoms with Gasteiger partial charge in [-0.15, -0.1) is 0 Å². The standard InChI is InChI=1S/C12H11ClFNO/c13-10-5-3-4-9(11(10)14)12(15-8-16)6-1-2-7-12/h3-5H,1-2,6-7H2. The number of halogens is 2. The lowest BCUT2D eigenvalue weighted by molar-refractivity contribution is 0.431. The van der Waals surface area contributed by atoms with Gasteiger partial charge in [0.1, 0.15) is 11.4 Å². The average Bonchev–Trinajstić information content (AvgIpc) is 2.72. The Morgan fingerprint density at radius 2 is 2.06 bits per heavy atom.